The Balaban J connectivity index is 2.89. The topological polar surface area (TPSA) is 93.8 Å². The summed E-state index contributed by atoms with van der Waals surface area (Å²) >= 11 is 0. The van der Waals surface area contributed by atoms with E-state index < -0.39 is 5.54 Å². The maximum atomic E-state index is 12.0. The lowest BCUT2D eigenvalue weighted by molar-refractivity contribution is -0.120. The fourth-order valence-electron chi connectivity index (χ4n) is 1.46. The summed E-state index contributed by atoms with van der Waals surface area (Å²) in [6.07, 6.45) is 0.531. The van der Waals surface area contributed by atoms with Gasteiger partial charge in [-0.15, -0.1) is 0 Å². The highest BCUT2D eigenvalue weighted by atomic mass is 16.5. The van der Waals surface area contributed by atoms with Crippen molar-refractivity contribution >= 4 is 11.6 Å². The molecule has 0 aromatic heterocycles. The summed E-state index contributed by atoms with van der Waals surface area (Å²) in [6, 6.07) is 5.02. The fraction of sp³-hybridized carbons (Fsp3) is 0.500. The number of hydrogen-bond acceptors (Lipinski definition) is 5. The largest absolute Gasteiger partial charge is 0.493 e. The first-order valence-electron chi connectivity index (χ1n) is 6.46. The van der Waals surface area contributed by atoms with Crippen molar-refractivity contribution in [3.8, 4) is 11.5 Å². The number of aliphatic hydroxyl groups is 1. The van der Waals surface area contributed by atoms with Gasteiger partial charge in [0.15, 0.2) is 11.5 Å². The van der Waals surface area contributed by atoms with E-state index in [0.717, 1.165) is 0 Å². The second-order valence-electron chi connectivity index (χ2n) is 4.66. The molecule has 1 unspecified atom stereocenters. The molecule has 6 nitrogen and oxygen atoms in total. The van der Waals surface area contributed by atoms with Gasteiger partial charge in [0.2, 0.25) is 5.91 Å². The first-order valence-corrected chi connectivity index (χ1v) is 6.46. The van der Waals surface area contributed by atoms with E-state index in [2.05, 4.69) is 5.32 Å². The molecule has 0 heterocycles. The van der Waals surface area contributed by atoms with Gasteiger partial charge in [0.05, 0.1) is 19.3 Å². The van der Waals surface area contributed by atoms with Gasteiger partial charge in [0, 0.05) is 11.8 Å². The Hall–Kier alpha value is -1.79. The third-order valence-corrected chi connectivity index (χ3v) is 3.02. The molecule has 0 aliphatic rings. The molecule has 0 fully saturated rings. The van der Waals surface area contributed by atoms with Crippen molar-refractivity contribution in [3.05, 3.63) is 18.2 Å². The summed E-state index contributed by atoms with van der Waals surface area (Å²) in [5.74, 6) is 0.718. The lowest BCUT2D eigenvalue weighted by atomic mass is 9.99. The zero-order valence-corrected chi connectivity index (χ0v) is 12.1. The smallest absolute Gasteiger partial charge is 0.244 e. The second kappa shape index (κ2) is 7.12. The molecule has 0 aliphatic carbocycles. The number of methoxy groups -OCH3 is 1. The van der Waals surface area contributed by atoms with Gasteiger partial charge in [-0.3, -0.25) is 4.79 Å². The number of nitrogens with two attached hydrogens (primary N) is 1. The van der Waals surface area contributed by atoms with Crippen LogP contribution >= 0.6 is 0 Å². The zero-order chi connectivity index (χ0) is 15.2. The zero-order valence-electron chi connectivity index (χ0n) is 12.1. The number of anilines is 1. The summed E-state index contributed by atoms with van der Waals surface area (Å²) in [7, 11) is 1.52. The number of aliphatic hydroxyl groups excluding tert-OH is 1. The average Bonchev–Trinajstić information content (AvgIpc) is 2.45. The van der Waals surface area contributed by atoms with Gasteiger partial charge in [0.1, 0.15) is 6.61 Å². The van der Waals surface area contributed by atoms with Gasteiger partial charge in [-0.25, -0.2) is 0 Å². The highest BCUT2D eigenvalue weighted by Crippen LogP contribution is 2.30. The highest BCUT2D eigenvalue weighted by Gasteiger charge is 2.26. The molecule has 1 atom stereocenters. The van der Waals surface area contributed by atoms with E-state index >= 15 is 0 Å². The lowest BCUT2D eigenvalue weighted by Gasteiger charge is -2.22. The Labute approximate surface area is 118 Å². The minimum atomic E-state index is -0.925. The monoisotopic (exact) mass is 282 g/mol. The Kier molecular flexibility index (Phi) is 5.79. The van der Waals surface area contributed by atoms with E-state index in [0.29, 0.717) is 23.6 Å². The van der Waals surface area contributed by atoms with Crippen molar-refractivity contribution in [1.29, 1.82) is 0 Å². The molecule has 1 amide bonds. The molecule has 0 saturated carbocycles. The van der Waals surface area contributed by atoms with Crippen LogP contribution in [0.4, 0.5) is 5.69 Å². The molecular formula is C14H22N2O4. The Morgan fingerprint density at radius 3 is 2.70 bits per heavy atom. The Morgan fingerprint density at radius 2 is 2.15 bits per heavy atom. The third-order valence-electron chi connectivity index (χ3n) is 3.02. The number of rotatable bonds is 7. The van der Waals surface area contributed by atoms with Crippen LogP contribution in [0.25, 0.3) is 0 Å². The van der Waals surface area contributed by atoms with Crippen LogP contribution in [0.2, 0.25) is 0 Å². The van der Waals surface area contributed by atoms with E-state index in [9.17, 15) is 4.79 Å². The first kappa shape index (κ1) is 16.3. The predicted molar refractivity (Wildman–Crippen MR) is 77.1 cm³/mol. The molecule has 1 aromatic carbocycles. The number of carbonyl (C=O) groups excluding carboxylic acids is 1. The molecule has 1 rings (SSSR count). The van der Waals surface area contributed by atoms with Crippen molar-refractivity contribution in [2.24, 2.45) is 5.73 Å². The van der Waals surface area contributed by atoms with Gasteiger partial charge in [-0.2, -0.15) is 0 Å². The van der Waals surface area contributed by atoms with Gasteiger partial charge < -0.3 is 25.6 Å². The Bertz CT molecular complexity index is 460. The summed E-state index contributed by atoms with van der Waals surface area (Å²) < 4.78 is 10.5. The number of carbonyl (C=O) groups is 1. The van der Waals surface area contributed by atoms with Crippen molar-refractivity contribution in [1.82, 2.24) is 0 Å². The molecule has 0 aliphatic heterocycles. The quantitative estimate of drug-likeness (QED) is 0.697. The van der Waals surface area contributed by atoms with E-state index in [-0.39, 0.29) is 19.1 Å². The minimum Gasteiger partial charge on any atom is -0.493 e. The summed E-state index contributed by atoms with van der Waals surface area (Å²) in [6.45, 7) is 3.58. The number of hydrogen-bond donors (Lipinski definition) is 3. The Morgan fingerprint density at radius 1 is 1.45 bits per heavy atom. The van der Waals surface area contributed by atoms with Crippen molar-refractivity contribution in [2.75, 3.05) is 25.6 Å². The van der Waals surface area contributed by atoms with Gasteiger partial charge in [0.25, 0.3) is 0 Å². The normalized spacial score (nSPS) is 13.4. The number of amides is 1. The molecule has 6 heteroatoms. The third kappa shape index (κ3) is 4.11. The molecule has 0 spiro atoms. The van der Waals surface area contributed by atoms with E-state index in [1.54, 1.807) is 25.1 Å². The van der Waals surface area contributed by atoms with Crippen molar-refractivity contribution in [3.63, 3.8) is 0 Å². The van der Waals surface area contributed by atoms with Crippen LogP contribution in [-0.2, 0) is 4.79 Å². The minimum absolute atomic E-state index is 0.101. The van der Waals surface area contributed by atoms with Gasteiger partial charge >= 0.3 is 0 Å². The number of nitrogens with one attached hydrogen (secondary N) is 1. The maximum Gasteiger partial charge on any atom is 0.244 e. The van der Waals surface area contributed by atoms with Crippen LogP contribution in [-0.4, -0.2) is 36.9 Å². The van der Waals surface area contributed by atoms with Crippen LogP contribution in [0.3, 0.4) is 0 Å². The standard InChI is InChI=1S/C14H22N2O4/c1-4-14(2,15)13(18)16-10-5-6-11(19-3)12(9-10)20-8-7-17/h5-6,9,17H,4,7-8,15H2,1-3H3,(H,16,18). The molecule has 1 aromatic rings. The van der Waals surface area contributed by atoms with E-state index in [4.69, 9.17) is 20.3 Å². The second-order valence-corrected chi connectivity index (χ2v) is 4.66. The van der Waals surface area contributed by atoms with Crippen LogP contribution in [0.15, 0.2) is 18.2 Å². The van der Waals surface area contributed by atoms with Crippen LogP contribution in [0, 0.1) is 0 Å². The number of ether oxygens (including phenoxy) is 2. The number of benzene rings is 1. The van der Waals surface area contributed by atoms with E-state index in [1.165, 1.54) is 7.11 Å². The molecule has 0 radical (unpaired) electrons. The van der Waals surface area contributed by atoms with Gasteiger partial charge in [-0.05, 0) is 25.5 Å². The average molecular weight is 282 g/mol. The van der Waals surface area contributed by atoms with E-state index in [1.807, 2.05) is 6.92 Å². The van der Waals surface area contributed by atoms with Crippen molar-refractivity contribution < 1.29 is 19.4 Å². The lowest BCUT2D eigenvalue weighted by Crippen LogP contribution is -2.47. The van der Waals surface area contributed by atoms with Crippen LogP contribution < -0.4 is 20.5 Å². The molecule has 112 valence electrons. The van der Waals surface area contributed by atoms with Crippen LogP contribution in [0.1, 0.15) is 20.3 Å². The first-order chi connectivity index (χ1) is 9.44. The molecule has 0 saturated heterocycles. The SMILES string of the molecule is CCC(C)(N)C(=O)Nc1ccc(OC)c(OCCO)c1. The fourth-order valence-corrected chi connectivity index (χ4v) is 1.46. The summed E-state index contributed by atoms with van der Waals surface area (Å²) in [4.78, 5) is 12.0. The van der Waals surface area contributed by atoms with Crippen molar-refractivity contribution in [2.45, 2.75) is 25.8 Å². The summed E-state index contributed by atoms with van der Waals surface area (Å²) in [5.41, 5.74) is 5.52. The highest BCUT2D eigenvalue weighted by molar-refractivity contribution is 5.97. The van der Waals surface area contributed by atoms with Crippen LogP contribution in [0.5, 0.6) is 11.5 Å². The summed E-state index contributed by atoms with van der Waals surface area (Å²) in [5, 5.41) is 11.5. The molecule has 4 N–H and O–H groups in total. The predicted octanol–water partition coefficient (Wildman–Crippen LogP) is 1.13. The maximum absolute atomic E-state index is 12.0. The van der Waals surface area contributed by atoms with Gasteiger partial charge in [-0.1, -0.05) is 6.92 Å². The molecular weight excluding hydrogens is 260 g/mol. The molecule has 20 heavy (non-hydrogen) atoms. The molecule has 0 bridgehead atoms.